The fourth-order valence-electron chi connectivity index (χ4n) is 0.309. The molecule has 0 aliphatic rings. The van der Waals surface area contributed by atoms with Crippen molar-refractivity contribution in [1.29, 1.82) is 0 Å². The number of carboxylic acid groups (broad SMARTS) is 1. The highest BCUT2D eigenvalue weighted by Crippen LogP contribution is 2.14. The van der Waals surface area contributed by atoms with Crippen LogP contribution in [0.5, 0.6) is 0 Å². The predicted molar refractivity (Wildman–Crippen MR) is 47.9 cm³/mol. The summed E-state index contributed by atoms with van der Waals surface area (Å²) >= 11 is 0.715. The molecule has 4 N–H and O–H groups in total. The smallest absolute Gasteiger partial charge is 0.215 e. The lowest BCUT2D eigenvalue weighted by molar-refractivity contribution is -0.304. The van der Waals surface area contributed by atoms with Crippen molar-refractivity contribution in [2.45, 2.75) is 19.1 Å². The van der Waals surface area contributed by atoms with Gasteiger partial charge in [0.2, 0.25) is 5.12 Å². The zero-order valence-electron chi connectivity index (χ0n) is 7.42. The Kier molecular flexibility index (Phi) is 6.64. The van der Waals surface area contributed by atoms with E-state index in [4.69, 9.17) is 0 Å². The summed E-state index contributed by atoms with van der Waals surface area (Å²) in [5, 5.41) is 9.03. The zero-order chi connectivity index (χ0) is 9.02. The first-order valence-corrected chi connectivity index (χ1v) is 3.90. The van der Waals surface area contributed by atoms with Crippen molar-refractivity contribution in [1.82, 2.24) is 6.15 Å². The molecule has 0 fully saturated rings. The van der Waals surface area contributed by atoms with Crippen LogP contribution in [0.4, 0.5) is 0 Å². The largest absolute Gasteiger partial charge is 0.549 e. The van der Waals surface area contributed by atoms with Gasteiger partial charge < -0.3 is 16.1 Å². The summed E-state index contributed by atoms with van der Waals surface area (Å²) in [6.07, 6.45) is 0. The van der Waals surface area contributed by atoms with Crippen LogP contribution in [0.2, 0.25) is 0 Å². The van der Waals surface area contributed by atoms with E-state index in [1.165, 1.54) is 13.8 Å². The summed E-state index contributed by atoms with van der Waals surface area (Å²) in [6, 6.07) is 0. The third-order valence-electron chi connectivity index (χ3n) is 0.964. The van der Waals surface area contributed by atoms with E-state index >= 15 is 0 Å². The van der Waals surface area contributed by atoms with Gasteiger partial charge in [0.1, 0.15) is 0 Å². The first-order chi connectivity index (χ1) is 4.95. The Hall–Kier alpha value is -0.810. The van der Waals surface area contributed by atoms with Gasteiger partial charge in [0, 0.05) is 5.25 Å². The van der Waals surface area contributed by atoms with E-state index in [0.29, 0.717) is 17.3 Å². The Labute approximate surface area is 75.6 Å². The van der Waals surface area contributed by atoms with Crippen molar-refractivity contribution < 1.29 is 14.7 Å². The maximum Gasteiger partial charge on any atom is 0.215 e. The minimum atomic E-state index is -1.23. The summed E-state index contributed by atoms with van der Waals surface area (Å²) < 4.78 is 0. The van der Waals surface area contributed by atoms with E-state index < -0.39 is 11.2 Å². The van der Waals surface area contributed by atoms with Gasteiger partial charge in [-0.2, -0.15) is 0 Å². The molecule has 1 atom stereocenters. The van der Waals surface area contributed by atoms with Gasteiger partial charge in [-0.15, -0.1) is 0 Å². The molecule has 0 aliphatic carbocycles. The molecule has 0 aromatic heterocycles. The van der Waals surface area contributed by atoms with E-state index in [1.54, 1.807) is 0 Å². The molecule has 0 amide bonds. The van der Waals surface area contributed by atoms with Crippen LogP contribution in [0.3, 0.4) is 0 Å². The number of carboxylic acids is 1. The number of thioether (sulfide) groups is 1. The van der Waals surface area contributed by atoms with Gasteiger partial charge >= 0.3 is 0 Å². The van der Waals surface area contributed by atoms with Crippen LogP contribution < -0.4 is 11.3 Å². The second-order valence-electron chi connectivity index (χ2n) is 2.15. The molecule has 1 unspecified atom stereocenters. The van der Waals surface area contributed by atoms with Crippen LogP contribution in [-0.2, 0) is 9.59 Å². The average molecular weight is 191 g/mol. The first kappa shape index (κ1) is 13.8. The lowest BCUT2D eigenvalue weighted by Crippen LogP contribution is -2.32. The highest BCUT2D eigenvalue weighted by Gasteiger charge is 2.10. The van der Waals surface area contributed by atoms with E-state index in [1.807, 2.05) is 0 Å². The number of aliphatic carboxylic acids is 1. The standard InChI is InChI=1S/C7H10O3S.H3N/c1-4(2)7(10)11-5(3)6(8)9;/h5H,1H2,2-3H3,(H,8,9);1H3. The van der Waals surface area contributed by atoms with Gasteiger partial charge in [-0.05, 0) is 19.4 Å². The molecule has 0 radical (unpaired) electrons. The number of carbonyl (C=O) groups is 2. The second-order valence-corrected chi connectivity index (χ2v) is 3.46. The van der Waals surface area contributed by atoms with E-state index in [-0.39, 0.29) is 11.3 Å². The van der Waals surface area contributed by atoms with Crippen LogP contribution >= 0.6 is 11.8 Å². The maximum absolute atomic E-state index is 10.8. The Bertz CT molecular complexity index is 203. The van der Waals surface area contributed by atoms with E-state index in [0.717, 1.165) is 0 Å². The summed E-state index contributed by atoms with van der Waals surface area (Å²) in [7, 11) is 0. The molecule has 0 saturated heterocycles. The van der Waals surface area contributed by atoms with E-state index in [9.17, 15) is 14.7 Å². The molecule has 70 valence electrons. The monoisotopic (exact) mass is 191 g/mol. The summed E-state index contributed by atoms with van der Waals surface area (Å²) in [6.45, 7) is 6.33. The van der Waals surface area contributed by atoms with Gasteiger partial charge in [-0.3, -0.25) is 4.79 Å². The minimum Gasteiger partial charge on any atom is -0.549 e. The molecule has 0 aliphatic heterocycles. The van der Waals surface area contributed by atoms with Crippen molar-refractivity contribution in [3.63, 3.8) is 0 Å². The highest BCUT2D eigenvalue weighted by atomic mass is 32.2. The molecular weight excluding hydrogens is 178 g/mol. The van der Waals surface area contributed by atoms with Gasteiger partial charge in [-0.25, -0.2) is 0 Å². The topological polar surface area (TPSA) is 93.7 Å². The molecule has 12 heavy (non-hydrogen) atoms. The fourth-order valence-corrected chi connectivity index (χ4v) is 0.928. The Morgan fingerprint density at radius 1 is 1.50 bits per heavy atom. The average Bonchev–Trinajstić information content (AvgIpc) is 1.87. The second kappa shape index (κ2) is 5.79. The highest BCUT2D eigenvalue weighted by molar-refractivity contribution is 8.15. The van der Waals surface area contributed by atoms with E-state index in [2.05, 4.69) is 6.58 Å². The number of rotatable bonds is 3. The summed E-state index contributed by atoms with van der Waals surface area (Å²) in [4.78, 5) is 21.0. The molecular formula is C7H13NO3S. The zero-order valence-corrected chi connectivity index (χ0v) is 8.23. The molecule has 0 heterocycles. The lowest BCUT2D eigenvalue weighted by Gasteiger charge is -2.09. The Morgan fingerprint density at radius 2 is 1.92 bits per heavy atom. The van der Waals surface area contributed by atoms with Crippen molar-refractivity contribution in [2.24, 2.45) is 0 Å². The van der Waals surface area contributed by atoms with Crippen LogP contribution in [0.1, 0.15) is 13.8 Å². The van der Waals surface area contributed by atoms with Crippen LogP contribution in [0, 0.1) is 0 Å². The molecule has 5 heteroatoms. The van der Waals surface area contributed by atoms with Crippen molar-refractivity contribution >= 4 is 22.8 Å². The molecule has 0 rings (SSSR count). The third kappa shape index (κ3) is 4.92. The van der Waals surface area contributed by atoms with Gasteiger partial charge in [-0.1, -0.05) is 18.3 Å². The maximum atomic E-state index is 10.8. The molecule has 0 bridgehead atoms. The van der Waals surface area contributed by atoms with Gasteiger partial charge in [0.25, 0.3) is 0 Å². The summed E-state index contributed by atoms with van der Waals surface area (Å²) in [5.41, 5.74) is 0.350. The number of hydrogen-bond donors (Lipinski definition) is 1. The lowest BCUT2D eigenvalue weighted by atomic mass is 10.4. The van der Waals surface area contributed by atoms with Crippen molar-refractivity contribution in [3.8, 4) is 0 Å². The Balaban J connectivity index is 0. The van der Waals surface area contributed by atoms with Gasteiger partial charge in [0.15, 0.2) is 0 Å². The van der Waals surface area contributed by atoms with Crippen molar-refractivity contribution in [3.05, 3.63) is 12.2 Å². The van der Waals surface area contributed by atoms with Crippen LogP contribution in [0.25, 0.3) is 0 Å². The molecule has 0 aromatic carbocycles. The molecule has 0 saturated carbocycles. The predicted octanol–water partition coefficient (Wildman–Crippen LogP) is 0.337. The summed E-state index contributed by atoms with van der Waals surface area (Å²) in [5.74, 6) is -1.23. The fraction of sp³-hybridized carbons (Fsp3) is 0.429. The Morgan fingerprint density at radius 3 is 2.17 bits per heavy atom. The van der Waals surface area contributed by atoms with Crippen molar-refractivity contribution in [2.75, 3.05) is 0 Å². The number of quaternary nitrogens is 1. The molecule has 0 spiro atoms. The SMILES string of the molecule is C=C(C)C(=O)SC(C)C(=O)[O-].[NH4+]. The molecule has 4 nitrogen and oxygen atoms in total. The number of carbonyl (C=O) groups excluding carboxylic acids is 2. The minimum absolute atomic E-state index is 0. The quantitative estimate of drug-likeness (QED) is 0.651. The first-order valence-electron chi connectivity index (χ1n) is 3.02. The van der Waals surface area contributed by atoms with Gasteiger partial charge in [0.05, 0.1) is 5.97 Å². The normalized spacial score (nSPS) is 11.2. The molecule has 0 aromatic rings. The third-order valence-corrected chi connectivity index (χ3v) is 2.07. The number of hydrogen-bond acceptors (Lipinski definition) is 4. The van der Waals surface area contributed by atoms with Crippen LogP contribution in [0.15, 0.2) is 12.2 Å². The van der Waals surface area contributed by atoms with Crippen LogP contribution in [-0.4, -0.2) is 16.3 Å².